The number of fused-ring (bicyclic) bond motifs is 1. The van der Waals surface area contributed by atoms with E-state index in [1.807, 2.05) is 44.2 Å². The highest BCUT2D eigenvalue weighted by Gasteiger charge is 2.56. The zero-order chi connectivity index (χ0) is 30.8. The van der Waals surface area contributed by atoms with E-state index in [4.69, 9.17) is 18.6 Å². The summed E-state index contributed by atoms with van der Waals surface area (Å²) in [7, 11) is -3.99. The Labute approximate surface area is 257 Å². The number of carbonyl (C=O) groups excluding carboxylic acids is 1. The SMILES string of the molecule is CC(C)CN(C[C@@H](O)[C@H](Cc1ccccc1)NC(=O)OC1C2COC3OCC1C3C2)S(=O)(=O)c1ccc(-c2cnco2)cc1. The van der Waals surface area contributed by atoms with Gasteiger partial charge in [-0.15, -0.1) is 0 Å². The maximum Gasteiger partial charge on any atom is 0.407 e. The molecule has 6 rings (SSSR count). The third kappa shape index (κ3) is 6.54. The van der Waals surface area contributed by atoms with Crippen molar-refractivity contribution < 1.29 is 36.9 Å². The van der Waals surface area contributed by atoms with Crippen molar-refractivity contribution in [2.75, 3.05) is 26.3 Å². The fourth-order valence-electron chi connectivity index (χ4n) is 6.62. The number of aromatic nitrogens is 1. The minimum absolute atomic E-state index is 0.0164. The molecule has 3 heterocycles. The average Bonchev–Trinajstić information content (AvgIpc) is 3.74. The summed E-state index contributed by atoms with van der Waals surface area (Å²) < 4.78 is 51.8. The molecular weight excluding hydrogens is 586 g/mol. The molecule has 1 aliphatic carbocycles. The first-order chi connectivity index (χ1) is 21.2. The van der Waals surface area contributed by atoms with Crippen LogP contribution in [0.1, 0.15) is 25.8 Å². The molecule has 2 N–H and O–H groups in total. The summed E-state index contributed by atoms with van der Waals surface area (Å²) in [4.78, 5) is 17.3. The number of amides is 1. The van der Waals surface area contributed by atoms with Crippen LogP contribution in [-0.4, -0.2) is 79.7 Å². The highest BCUT2D eigenvalue weighted by Crippen LogP contribution is 2.49. The number of hydrogen-bond donors (Lipinski definition) is 2. The first-order valence-electron chi connectivity index (χ1n) is 15.1. The Morgan fingerprint density at radius 3 is 2.52 bits per heavy atom. The van der Waals surface area contributed by atoms with Crippen LogP contribution in [0.2, 0.25) is 0 Å². The maximum absolute atomic E-state index is 13.9. The summed E-state index contributed by atoms with van der Waals surface area (Å²) in [5, 5.41) is 14.4. The molecule has 236 valence electrons. The Bertz CT molecular complexity index is 1500. The van der Waals surface area contributed by atoms with Gasteiger partial charge in [0.1, 0.15) is 6.10 Å². The van der Waals surface area contributed by atoms with Crippen molar-refractivity contribution in [3.8, 4) is 11.3 Å². The van der Waals surface area contributed by atoms with Gasteiger partial charge in [-0.1, -0.05) is 44.2 Å². The van der Waals surface area contributed by atoms with Gasteiger partial charge in [0, 0.05) is 36.4 Å². The molecule has 3 fully saturated rings. The van der Waals surface area contributed by atoms with Gasteiger partial charge in [0.2, 0.25) is 10.0 Å². The largest absolute Gasteiger partial charge is 0.445 e. The van der Waals surface area contributed by atoms with Crippen LogP contribution in [0.3, 0.4) is 0 Å². The molecule has 0 radical (unpaired) electrons. The lowest BCUT2D eigenvalue weighted by Crippen LogP contribution is -2.52. The standard InChI is InChI=1S/C32H39N3O8S/c1-20(2)15-35(44(38,39)24-10-8-22(9-11-24)29-14-33-19-42-29)16-28(36)27(12-21-6-4-3-5-7-21)34-32(37)43-30-23-13-25-26(30)18-41-31(25)40-17-23/h3-11,14,19-20,23,25-28,30-31,36H,12-13,15-18H2,1-2H3,(H,34,37)/t23?,25?,26?,27-,28+,30?,31?/m0/s1. The van der Waals surface area contributed by atoms with Crippen LogP contribution >= 0.6 is 0 Å². The number of hydrogen-bond acceptors (Lipinski definition) is 9. The van der Waals surface area contributed by atoms with E-state index in [1.165, 1.54) is 22.8 Å². The number of benzene rings is 2. The molecule has 7 atom stereocenters. The van der Waals surface area contributed by atoms with E-state index in [2.05, 4.69) is 10.3 Å². The summed E-state index contributed by atoms with van der Waals surface area (Å²) in [6.07, 6.45) is 1.61. The third-order valence-corrected chi connectivity index (χ3v) is 10.6. The number of alkyl carbamates (subject to hydrolysis) is 1. The number of nitrogens with zero attached hydrogens (tertiary/aromatic N) is 2. The maximum atomic E-state index is 13.9. The fourth-order valence-corrected chi connectivity index (χ4v) is 8.24. The number of aliphatic hydroxyl groups excluding tert-OH is 1. The summed E-state index contributed by atoms with van der Waals surface area (Å²) in [6, 6.07) is 15.0. The molecule has 2 bridgehead atoms. The topological polar surface area (TPSA) is 140 Å². The highest BCUT2D eigenvalue weighted by atomic mass is 32.2. The number of nitrogens with one attached hydrogen (secondary N) is 1. The van der Waals surface area contributed by atoms with Crippen molar-refractivity contribution in [2.24, 2.45) is 23.7 Å². The molecule has 5 unspecified atom stereocenters. The minimum Gasteiger partial charge on any atom is -0.445 e. The highest BCUT2D eigenvalue weighted by molar-refractivity contribution is 7.89. The van der Waals surface area contributed by atoms with Crippen molar-refractivity contribution in [3.63, 3.8) is 0 Å². The number of rotatable bonds is 12. The summed E-state index contributed by atoms with van der Waals surface area (Å²) in [6.45, 7) is 4.76. The van der Waals surface area contributed by atoms with Crippen LogP contribution in [0.4, 0.5) is 4.79 Å². The van der Waals surface area contributed by atoms with Gasteiger partial charge in [0.05, 0.1) is 36.5 Å². The Morgan fingerprint density at radius 2 is 1.82 bits per heavy atom. The summed E-state index contributed by atoms with van der Waals surface area (Å²) >= 11 is 0. The average molecular weight is 626 g/mol. The molecule has 44 heavy (non-hydrogen) atoms. The van der Waals surface area contributed by atoms with Gasteiger partial charge in [-0.2, -0.15) is 4.31 Å². The molecule has 2 saturated heterocycles. The van der Waals surface area contributed by atoms with E-state index in [-0.39, 0.29) is 60.5 Å². The van der Waals surface area contributed by atoms with Crippen molar-refractivity contribution in [1.29, 1.82) is 0 Å². The van der Waals surface area contributed by atoms with E-state index in [0.29, 0.717) is 24.5 Å². The van der Waals surface area contributed by atoms with Crippen molar-refractivity contribution in [3.05, 3.63) is 72.8 Å². The van der Waals surface area contributed by atoms with Crippen LogP contribution in [0.25, 0.3) is 11.3 Å². The molecule has 3 aliphatic rings. The number of ether oxygens (including phenoxy) is 3. The number of carbonyl (C=O) groups is 1. The normalized spacial score (nSPS) is 25.7. The van der Waals surface area contributed by atoms with E-state index in [9.17, 15) is 18.3 Å². The van der Waals surface area contributed by atoms with Gasteiger partial charge in [-0.05, 0) is 48.6 Å². The predicted octanol–water partition coefficient (Wildman–Crippen LogP) is 3.69. The van der Waals surface area contributed by atoms with E-state index in [0.717, 1.165) is 12.0 Å². The first kappa shape index (κ1) is 30.7. The van der Waals surface area contributed by atoms with Crippen LogP contribution < -0.4 is 5.32 Å². The van der Waals surface area contributed by atoms with Crippen molar-refractivity contribution in [1.82, 2.24) is 14.6 Å². The Kier molecular flexibility index (Phi) is 9.06. The zero-order valence-corrected chi connectivity index (χ0v) is 25.6. The van der Waals surface area contributed by atoms with E-state index < -0.39 is 28.3 Å². The number of aliphatic hydroxyl groups is 1. The van der Waals surface area contributed by atoms with Gasteiger partial charge < -0.3 is 29.1 Å². The molecule has 2 aliphatic heterocycles. The van der Waals surface area contributed by atoms with Crippen LogP contribution in [0, 0.1) is 23.7 Å². The molecular formula is C32H39N3O8S. The third-order valence-electron chi connectivity index (χ3n) is 8.77. The van der Waals surface area contributed by atoms with Gasteiger partial charge in [0.15, 0.2) is 18.4 Å². The molecule has 1 amide bonds. The second-order valence-electron chi connectivity index (χ2n) is 12.3. The van der Waals surface area contributed by atoms with Crippen LogP contribution in [0.5, 0.6) is 0 Å². The van der Waals surface area contributed by atoms with Crippen LogP contribution in [-0.2, 0) is 30.7 Å². The second kappa shape index (κ2) is 13.0. The Balaban J connectivity index is 1.19. The number of oxazole rings is 1. The Hall–Kier alpha value is -3.29. The summed E-state index contributed by atoms with van der Waals surface area (Å²) in [5.41, 5.74) is 1.58. The van der Waals surface area contributed by atoms with E-state index in [1.54, 1.807) is 18.3 Å². The molecule has 3 aromatic rings. The quantitative estimate of drug-likeness (QED) is 0.308. The van der Waals surface area contributed by atoms with Gasteiger partial charge in [0.25, 0.3) is 0 Å². The zero-order valence-electron chi connectivity index (χ0n) is 24.8. The smallest absolute Gasteiger partial charge is 0.407 e. The molecule has 1 saturated carbocycles. The molecule has 11 nitrogen and oxygen atoms in total. The van der Waals surface area contributed by atoms with Gasteiger partial charge in [-0.25, -0.2) is 18.2 Å². The molecule has 12 heteroatoms. The predicted molar refractivity (Wildman–Crippen MR) is 160 cm³/mol. The lowest BCUT2D eigenvalue weighted by atomic mass is 9.98. The van der Waals surface area contributed by atoms with Crippen molar-refractivity contribution in [2.45, 2.75) is 56.1 Å². The fraction of sp³-hybridized carbons (Fsp3) is 0.500. The molecule has 0 spiro atoms. The van der Waals surface area contributed by atoms with Crippen molar-refractivity contribution >= 4 is 16.1 Å². The summed E-state index contributed by atoms with van der Waals surface area (Å²) in [5.74, 6) is 0.918. The monoisotopic (exact) mass is 625 g/mol. The molecule has 1 aromatic heterocycles. The number of sulfonamides is 1. The van der Waals surface area contributed by atoms with Crippen LogP contribution in [0.15, 0.2) is 76.5 Å². The van der Waals surface area contributed by atoms with Gasteiger partial charge >= 0.3 is 6.09 Å². The minimum atomic E-state index is -3.99. The van der Waals surface area contributed by atoms with Gasteiger partial charge in [-0.3, -0.25) is 0 Å². The van der Waals surface area contributed by atoms with E-state index >= 15 is 0 Å². The molecule has 2 aromatic carbocycles. The lowest BCUT2D eigenvalue weighted by molar-refractivity contribution is -0.169. The lowest BCUT2D eigenvalue weighted by Gasteiger charge is -2.31. The first-order valence-corrected chi connectivity index (χ1v) is 16.5. The second-order valence-corrected chi connectivity index (χ2v) is 14.3. The Morgan fingerprint density at radius 1 is 1.07 bits per heavy atom.